The molecule has 4 heterocycles. The van der Waals surface area contributed by atoms with Crippen molar-refractivity contribution < 1.29 is 9.53 Å². The van der Waals surface area contributed by atoms with Gasteiger partial charge in [0.15, 0.2) is 11.0 Å². The van der Waals surface area contributed by atoms with Gasteiger partial charge in [-0.15, -0.1) is 0 Å². The molecule has 41 heavy (non-hydrogen) atoms. The lowest BCUT2D eigenvalue weighted by Gasteiger charge is -2.32. The minimum absolute atomic E-state index is 0.112. The molecule has 5 rings (SSSR count). The Labute approximate surface area is 245 Å². The van der Waals surface area contributed by atoms with Crippen molar-refractivity contribution in [2.75, 3.05) is 34.9 Å². The second kappa shape index (κ2) is 11.9. The Kier molecular flexibility index (Phi) is 8.35. The largest absolute Gasteiger partial charge is 0.444 e. The van der Waals surface area contributed by atoms with Crippen LogP contribution in [0.25, 0.3) is 10.9 Å². The van der Waals surface area contributed by atoms with Crippen LogP contribution < -0.4 is 15.5 Å². The molecule has 0 bridgehead atoms. The van der Waals surface area contributed by atoms with Crippen molar-refractivity contribution in [1.82, 2.24) is 24.7 Å². The topological polar surface area (TPSA) is 110 Å². The number of nitrogens with zero attached hydrogens (tertiary/aromatic N) is 6. The average molecular weight is 575 g/mol. The minimum Gasteiger partial charge on any atom is -0.444 e. The molecule has 216 valence electrons. The van der Waals surface area contributed by atoms with Crippen LogP contribution >= 0.6 is 11.8 Å². The molecule has 0 spiro atoms. The number of aromatic nitrogens is 5. The van der Waals surface area contributed by atoms with E-state index in [-0.39, 0.29) is 6.04 Å². The maximum atomic E-state index is 12.6. The van der Waals surface area contributed by atoms with Gasteiger partial charge in [0.25, 0.3) is 0 Å². The smallest absolute Gasteiger partial charge is 0.413 e. The van der Waals surface area contributed by atoms with Gasteiger partial charge in [0, 0.05) is 54.1 Å². The summed E-state index contributed by atoms with van der Waals surface area (Å²) in [6.45, 7) is 11.4. The van der Waals surface area contributed by atoms with Gasteiger partial charge in [0.1, 0.15) is 17.2 Å². The lowest BCUT2D eigenvalue weighted by atomic mass is 9.93. The Morgan fingerprint density at radius 2 is 1.88 bits per heavy atom. The van der Waals surface area contributed by atoms with Gasteiger partial charge in [-0.25, -0.2) is 14.8 Å². The molecule has 1 aromatic carbocycles. The van der Waals surface area contributed by atoms with Crippen LogP contribution in [0.4, 0.5) is 27.9 Å². The number of hydrogen-bond acceptors (Lipinski definition) is 9. The summed E-state index contributed by atoms with van der Waals surface area (Å²) in [6.07, 6.45) is 5.38. The van der Waals surface area contributed by atoms with E-state index < -0.39 is 11.7 Å². The number of anilines is 4. The molecule has 1 saturated heterocycles. The molecule has 0 unspecified atom stereocenters. The number of thioether (sulfide) groups is 1. The van der Waals surface area contributed by atoms with Crippen molar-refractivity contribution in [3.63, 3.8) is 0 Å². The Morgan fingerprint density at radius 3 is 2.54 bits per heavy atom. The van der Waals surface area contributed by atoms with E-state index in [1.807, 2.05) is 68.2 Å². The van der Waals surface area contributed by atoms with Gasteiger partial charge in [-0.2, -0.15) is 5.10 Å². The summed E-state index contributed by atoms with van der Waals surface area (Å²) in [5, 5.41) is 12.5. The van der Waals surface area contributed by atoms with E-state index in [9.17, 15) is 4.79 Å². The van der Waals surface area contributed by atoms with Gasteiger partial charge < -0.3 is 15.0 Å². The van der Waals surface area contributed by atoms with Gasteiger partial charge >= 0.3 is 6.09 Å². The van der Waals surface area contributed by atoms with Crippen LogP contribution in [0.2, 0.25) is 0 Å². The van der Waals surface area contributed by atoms with E-state index in [0.717, 1.165) is 48.3 Å². The van der Waals surface area contributed by atoms with Crippen LogP contribution in [0.1, 0.15) is 65.1 Å². The summed E-state index contributed by atoms with van der Waals surface area (Å²) >= 11 is 1.52. The maximum Gasteiger partial charge on any atom is 0.413 e. The van der Waals surface area contributed by atoms with Gasteiger partial charge in [-0.3, -0.25) is 15.0 Å². The van der Waals surface area contributed by atoms with Crippen molar-refractivity contribution in [3.05, 3.63) is 54.4 Å². The van der Waals surface area contributed by atoms with E-state index in [4.69, 9.17) is 14.7 Å². The van der Waals surface area contributed by atoms with Gasteiger partial charge in [0.05, 0.1) is 5.52 Å². The second-order valence-corrected chi connectivity index (χ2v) is 12.3. The molecule has 10 nitrogen and oxygen atoms in total. The third kappa shape index (κ3) is 6.90. The van der Waals surface area contributed by atoms with E-state index in [2.05, 4.69) is 51.6 Å². The summed E-state index contributed by atoms with van der Waals surface area (Å²) in [4.78, 5) is 29.0. The normalized spacial score (nSPS) is 14.5. The van der Waals surface area contributed by atoms with E-state index >= 15 is 0 Å². The Morgan fingerprint density at radius 1 is 1.10 bits per heavy atom. The molecule has 1 aliphatic heterocycles. The zero-order chi connectivity index (χ0) is 29.1. The second-order valence-electron chi connectivity index (χ2n) is 11.5. The zero-order valence-electron chi connectivity index (χ0n) is 24.5. The summed E-state index contributed by atoms with van der Waals surface area (Å²) < 4.78 is 7.37. The molecule has 0 saturated carbocycles. The Hall–Kier alpha value is -3.86. The quantitative estimate of drug-likeness (QED) is 0.178. The summed E-state index contributed by atoms with van der Waals surface area (Å²) in [7, 11) is 0. The maximum absolute atomic E-state index is 12.6. The lowest BCUT2D eigenvalue weighted by Crippen LogP contribution is -2.33. The number of hydrogen-bond donors (Lipinski definition) is 2. The van der Waals surface area contributed by atoms with E-state index in [1.54, 1.807) is 0 Å². The monoisotopic (exact) mass is 574 g/mol. The number of benzene rings is 1. The number of amides is 1. The van der Waals surface area contributed by atoms with Crippen LogP contribution in [0.3, 0.4) is 0 Å². The first-order valence-corrected chi connectivity index (χ1v) is 15.2. The molecule has 1 amide bonds. The number of fused-ring (bicyclic) bond motifs is 1. The molecule has 2 N–H and O–H groups in total. The standard InChI is InChI=1S/C30H38N8O2S/c1-19(2)38-24-11-10-21(17-22(24)27(36-38)35-29(39)40-30(3,4)5)32-25-18-26(34-28(33-25)41-6)37-15-12-20(13-16-37)23-9-7-8-14-31-23/h7-11,14,17-20H,12-13,15-16H2,1-6H3,(H,32,33,34)(H,35,36,39). The molecule has 4 aromatic rings. The molecule has 0 radical (unpaired) electrons. The molecule has 0 aliphatic carbocycles. The highest BCUT2D eigenvalue weighted by Crippen LogP contribution is 2.33. The fraction of sp³-hybridized carbons (Fsp3) is 0.433. The number of piperidine rings is 1. The molecule has 0 atom stereocenters. The number of carbonyl (C=O) groups excluding carboxylic acids is 1. The summed E-state index contributed by atoms with van der Waals surface area (Å²) in [5.41, 5.74) is 2.30. The van der Waals surface area contributed by atoms with Crippen molar-refractivity contribution in [1.29, 1.82) is 0 Å². The van der Waals surface area contributed by atoms with Crippen LogP contribution in [-0.2, 0) is 4.74 Å². The summed E-state index contributed by atoms with van der Waals surface area (Å²) in [6, 6.07) is 14.2. The highest BCUT2D eigenvalue weighted by atomic mass is 32.2. The predicted octanol–water partition coefficient (Wildman–Crippen LogP) is 7.00. The van der Waals surface area contributed by atoms with Crippen molar-refractivity contribution in [3.8, 4) is 0 Å². The number of pyridine rings is 1. The van der Waals surface area contributed by atoms with E-state index in [0.29, 0.717) is 22.7 Å². The molecule has 1 fully saturated rings. The van der Waals surface area contributed by atoms with Gasteiger partial charge in [-0.1, -0.05) is 17.8 Å². The fourth-order valence-corrected chi connectivity index (χ4v) is 5.38. The minimum atomic E-state index is -0.610. The molecular weight excluding hydrogens is 536 g/mol. The summed E-state index contributed by atoms with van der Waals surface area (Å²) in [5.74, 6) is 2.54. The van der Waals surface area contributed by atoms with Crippen LogP contribution in [0.5, 0.6) is 0 Å². The third-order valence-electron chi connectivity index (χ3n) is 6.89. The zero-order valence-corrected chi connectivity index (χ0v) is 25.3. The van der Waals surface area contributed by atoms with Crippen LogP contribution in [-0.4, -0.2) is 55.8 Å². The van der Waals surface area contributed by atoms with Gasteiger partial charge in [-0.05, 0) is 84.0 Å². The third-order valence-corrected chi connectivity index (χ3v) is 7.43. The highest BCUT2D eigenvalue weighted by molar-refractivity contribution is 7.98. The first kappa shape index (κ1) is 28.7. The first-order valence-electron chi connectivity index (χ1n) is 14.0. The predicted molar refractivity (Wildman–Crippen MR) is 165 cm³/mol. The van der Waals surface area contributed by atoms with Crippen molar-refractivity contribution in [2.45, 2.75) is 70.2 Å². The first-order chi connectivity index (χ1) is 19.6. The molecular formula is C30H38N8O2S. The van der Waals surface area contributed by atoms with Crippen molar-refractivity contribution in [2.24, 2.45) is 0 Å². The Bertz CT molecular complexity index is 1510. The highest BCUT2D eigenvalue weighted by Gasteiger charge is 2.24. The molecule has 1 aliphatic rings. The molecule has 11 heteroatoms. The fourth-order valence-electron chi connectivity index (χ4n) is 5.00. The van der Waals surface area contributed by atoms with Gasteiger partial charge in [0.2, 0.25) is 0 Å². The average Bonchev–Trinajstić information content (AvgIpc) is 3.30. The molecule has 3 aromatic heterocycles. The number of carbonyl (C=O) groups is 1. The number of rotatable bonds is 7. The van der Waals surface area contributed by atoms with Crippen molar-refractivity contribution >= 4 is 51.9 Å². The van der Waals surface area contributed by atoms with Crippen LogP contribution in [0.15, 0.2) is 53.8 Å². The Balaban J connectivity index is 1.38. The SMILES string of the molecule is CSc1nc(Nc2ccc3c(c2)c(NC(=O)OC(C)(C)C)nn3C(C)C)cc(N2CCC(c3ccccn3)CC2)n1. The number of nitrogens with one attached hydrogen (secondary N) is 2. The van der Waals surface area contributed by atoms with E-state index in [1.165, 1.54) is 17.5 Å². The lowest BCUT2D eigenvalue weighted by molar-refractivity contribution is 0.0635. The number of ether oxygens (including phenoxy) is 1. The van der Waals surface area contributed by atoms with Crippen LogP contribution in [0, 0.1) is 0 Å².